The third kappa shape index (κ3) is 1.88. The number of amides is 1. The first-order chi connectivity index (χ1) is 7.22. The van der Waals surface area contributed by atoms with Crippen LogP contribution in [-0.2, 0) is 4.79 Å². The van der Waals surface area contributed by atoms with Gasteiger partial charge >= 0.3 is 0 Å². The maximum atomic E-state index is 11.5. The minimum absolute atomic E-state index is 0.0578. The van der Waals surface area contributed by atoms with Gasteiger partial charge in [0, 0.05) is 6.54 Å². The molecule has 0 saturated carbocycles. The number of carbonyl (C=O) groups is 1. The summed E-state index contributed by atoms with van der Waals surface area (Å²) in [5.41, 5.74) is 2.40. The molecule has 0 aliphatic carbocycles. The van der Waals surface area contributed by atoms with Crippen LogP contribution in [0.3, 0.4) is 0 Å². The lowest BCUT2D eigenvalue weighted by atomic mass is 10.1. The van der Waals surface area contributed by atoms with Crippen LogP contribution >= 0.6 is 0 Å². The van der Waals surface area contributed by atoms with E-state index in [2.05, 4.69) is 30.4 Å². The molecule has 1 aliphatic rings. The van der Waals surface area contributed by atoms with Crippen LogP contribution in [0.1, 0.15) is 24.2 Å². The molecule has 0 bridgehead atoms. The van der Waals surface area contributed by atoms with Crippen LogP contribution < -0.4 is 5.32 Å². The summed E-state index contributed by atoms with van der Waals surface area (Å²) in [6.45, 7) is 5.28. The van der Waals surface area contributed by atoms with Gasteiger partial charge in [0.1, 0.15) is 6.17 Å². The zero-order chi connectivity index (χ0) is 10.8. The Kier molecular flexibility index (Phi) is 2.73. The number of hydrogen-bond donors (Lipinski definition) is 1. The third-order valence-corrected chi connectivity index (χ3v) is 2.78. The van der Waals surface area contributed by atoms with Gasteiger partial charge in [-0.1, -0.05) is 29.8 Å². The van der Waals surface area contributed by atoms with Gasteiger partial charge in [0.05, 0.1) is 6.54 Å². The Morgan fingerprint density at radius 2 is 2.33 bits per heavy atom. The molecule has 1 aromatic rings. The Hall–Kier alpha value is -1.35. The Morgan fingerprint density at radius 3 is 3.00 bits per heavy atom. The van der Waals surface area contributed by atoms with Crippen molar-refractivity contribution in [3.63, 3.8) is 0 Å². The molecule has 1 fully saturated rings. The summed E-state index contributed by atoms with van der Waals surface area (Å²) in [5.74, 6) is 0.184. The minimum atomic E-state index is 0.0578. The fourth-order valence-electron chi connectivity index (χ4n) is 2.04. The van der Waals surface area contributed by atoms with E-state index in [1.54, 1.807) is 0 Å². The van der Waals surface area contributed by atoms with Crippen LogP contribution in [0, 0.1) is 6.92 Å². The van der Waals surface area contributed by atoms with Crippen LogP contribution in [0.5, 0.6) is 0 Å². The molecule has 1 saturated heterocycles. The fraction of sp³-hybridized carbons (Fsp3) is 0.417. The van der Waals surface area contributed by atoms with Crippen LogP contribution in [-0.4, -0.2) is 23.9 Å². The van der Waals surface area contributed by atoms with Crippen molar-refractivity contribution in [3.8, 4) is 0 Å². The molecule has 3 heteroatoms. The summed E-state index contributed by atoms with van der Waals surface area (Å²) in [6, 6.07) is 8.28. The predicted octanol–water partition coefficient (Wildman–Crippen LogP) is 1.45. The molecule has 0 radical (unpaired) electrons. The van der Waals surface area contributed by atoms with Crippen LogP contribution in [0.15, 0.2) is 24.3 Å². The first-order valence-electron chi connectivity index (χ1n) is 5.32. The second-order valence-electron chi connectivity index (χ2n) is 3.88. The van der Waals surface area contributed by atoms with Crippen molar-refractivity contribution >= 4 is 5.91 Å². The number of hydrogen-bond acceptors (Lipinski definition) is 2. The molecule has 0 spiro atoms. The molecule has 3 nitrogen and oxygen atoms in total. The number of nitrogens with one attached hydrogen (secondary N) is 1. The minimum Gasteiger partial charge on any atom is -0.322 e. The van der Waals surface area contributed by atoms with Gasteiger partial charge in [-0.3, -0.25) is 10.1 Å². The molecule has 1 N–H and O–H groups in total. The van der Waals surface area contributed by atoms with Crippen molar-refractivity contribution in [3.05, 3.63) is 35.4 Å². The zero-order valence-electron chi connectivity index (χ0n) is 9.16. The zero-order valence-corrected chi connectivity index (χ0v) is 9.16. The number of rotatable bonds is 2. The van der Waals surface area contributed by atoms with Gasteiger partial charge in [-0.05, 0) is 19.4 Å². The predicted molar refractivity (Wildman–Crippen MR) is 59.3 cm³/mol. The first kappa shape index (κ1) is 10.2. The van der Waals surface area contributed by atoms with E-state index in [1.165, 1.54) is 11.1 Å². The summed E-state index contributed by atoms with van der Waals surface area (Å²) in [4.78, 5) is 13.4. The van der Waals surface area contributed by atoms with Crippen molar-refractivity contribution < 1.29 is 4.79 Å². The summed E-state index contributed by atoms with van der Waals surface area (Å²) in [5, 5.41) is 3.23. The average Bonchev–Trinajstić information content (AvgIpc) is 2.59. The molecule has 1 aliphatic heterocycles. The highest BCUT2D eigenvalue weighted by atomic mass is 16.2. The molecule has 1 heterocycles. The van der Waals surface area contributed by atoms with E-state index in [-0.39, 0.29) is 12.1 Å². The highest BCUT2D eigenvalue weighted by Crippen LogP contribution is 2.22. The van der Waals surface area contributed by atoms with Gasteiger partial charge in [-0.15, -0.1) is 0 Å². The quantitative estimate of drug-likeness (QED) is 0.790. The molecule has 1 amide bonds. The second kappa shape index (κ2) is 4.03. The van der Waals surface area contributed by atoms with Crippen molar-refractivity contribution in [2.45, 2.75) is 20.0 Å². The lowest BCUT2D eigenvalue weighted by molar-refractivity contribution is -0.127. The molecule has 2 rings (SSSR count). The number of benzene rings is 1. The van der Waals surface area contributed by atoms with Crippen molar-refractivity contribution in [2.75, 3.05) is 13.1 Å². The molecule has 80 valence electrons. The van der Waals surface area contributed by atoms with E-state index in [0.717, 1.165) is 6.54 Å². The highest BCUT2D eigenvalue weighted by molar-refractivity contribution is 5.80. The number of nitrogens with zero attached hydrogens (tertiary/aromatic N) is 1. The highest BCUT2D eigenvalue weighted by Gasteiger charge is 2.29. The summed E-state index contributed by atoms with van der Waals surface area (Å²) < 4.78 is 0. The van der Waals surface area contributed by atoms with E-state index >= 15 is 0 Å². The van der Waals surface area contributed by atoms with Crippen LogP contribution in [0.2, 0.25) is 0 Å². The van der Waals surface area contributed by atoms with E-state index < -0.39 is 0 Å². The maximum absolute atomic E-state index is 11.5. The Morgan fingerprint density at radius 1 is 1.53 bits per heavy atom. The van der Waals surface area contributed by atoms with Gasteiger partial charge in [0.15, 0.2) is 0 Å². The van der Waals surface area contributed by atoms with Gasteiger partial charge in [-0.2, -0.15) is 0 Å². The van der Waals surface area contributed by atoms with Gasteiger partial charge in [0.25, 0.3) is 0 Å². The number of carbonyl (C=O) groups excluding carboxylic acids is 1. The SMILES string of the molecule is CCN1C(=O)CNC1c1cccc(C)c1. The number of likely N-dealkylation sites (N-methyl/N-ethyl adjacent to an activating group) is 1. The lowest BCUT2D eigenvalue weighted by Crippen LogP contribution is -2.29. The smallest absolute Gasteiger partial charge is 0.238 e. The lowest BCUT2D eigenvalue weighted by Gasteiger charge is -2.23. The van der Waals surface area contributed by atoms with E-state index in [1.807, 2.05) is 17.9 Å². The molecule has 15 heavy (non-hydrogen) atoms. The molecule has 1 aromatic carbocycles. The monoisotopic (exact) mass is 204 g/mol. The molecular weight excluding hydrogens is 188 g/mol. The third-order valence-electron chi connectivity index (χ3n) is 2.78. The Balaban J connectivity index is 2.27. The molecular formula is C12H16N2O. The first-order valence-corrected chi connectivity index (χ1v) is 5.32. The van der Waals surface area contributed by atoms with Gasteiger partial charge in [0.2, 0.25) is 5.91 Å². The number of aryl methyl sites for hydroxylation is 1. The molecule has 1 atom stereocenters. The topological polar surface area (TPSA) is 32.3 Å². The standard InChI is InChI=1S/C12H16N2O/c1-3-14-11(15)8-13-12(14)10-6-4-5-9(2)7-10/h4-7,12-13H,3,8H2,1-2H3. The van der Waals surface area contributed by atoms with Gasteiger partial charge < -0.3 is 4.90 Å². The average molecular weight is 204 g/mol. The maximum Gasteiger partial charge on any atom is 0.238 e. The van der Waals surface area contributed by atoms with E-state index in [9.17, 15) is 4.79 Å². The summed E-state index contributed by atoms with van der Waals surface area (Å²) >= 11 is 0. The Labute approximate surface area is 90.1 Å². The van der Waals surface area contributed by atoms with E-state index in [4.69, 9.17) is 0 Å². The van der Waals surface area contributed by atoms with Gasteiger partial charge in [-0.25, -0.2) is 0 Å². The summed E-state index contributed by atoms with van der Waals surface area (Å²) in [6.07, 6.45) is 0.0578. The molecule has 1 unspecified atom stereocenters. The van der Waals surface area contributed by atoms with E-state index in [0.29, 0.717) is 6.54 Å². The van der Waals surface area contributed by atoms with Crippen LogP contribution in [0.4, 0.5) is 0 Å². The summed E-state index contributed by atoms with van der Waals surface area (Å²) in [7, 11) is 0. The normalized spacial score (nSPS) is 21.1. The molecule has 0 aromatic heterocycles. The van der Waals surface area contributed by atoms with Crippen molar-refractivity contribution in [1.29, 1.82) is 0 Å². The second-order valence-corrected chi connectivity index (χ2v) is 3.88. The Bertz CT molecular complexity index is 376. The van der Waals surface area contributed by atoms with Crippen molar-refractivity contribution in [1.82, 2.24) is 10.2 Å². The van der Waals surface area contributed by atoms with Crippen molar-refractivity contribution in [2.24, 2.45) is 0 Å². The fourth-order valence-corrected chi connectivity index (χ4v) is 2.04. The largest absolute Gasteiger partial charge is 0.322 e. The van der Waals surface area contributed by atoms with Crippen LogP contribution in [0.25, 0.3) is 0 Å².